The lowest BCUT2D eigenvalue weighted by atomic mass is 9.80. The van der Waals surface area contributed by atoms with Gasteiger partial charge in [-0.05, 0) is 12.8 Å². The molecule has 0 amide bonds. The minimum Gasteiger partial charge on any atom is -0.442 e. The van der Waals surface area contributed by atoms with Crippen LogP contribution in [0.25, 0.3) is 0 Å². The van der Waals surface area contributed by atoms with Gasteiger partial charge < -0.3 is 24.1 Å². The van der Waals surface area contributed by atoms with Crippen LogP contribution >= 0.6 is 7.82 Å². The number of nitrogens with zero attached hydrogens (tertiary/aromatic N) is 2. The maximum Gasteiger partial charge on any atom is 0.480 e. The second-order valence-corrected chi connectivity index (χ2v) is 16.0. The van der Waals surface area contributed by atoms with Gasteiger partial charge in [-0.15, -0.1) is 0 Å². The number of Topliss-reactive ketones (excluding diaryl/α,β-unsaturated/α-hetero) is 1. The van der Waals surface area contributed by atoms with E-state index in [-0.39, 0.29) is 18.2 Å². The van der Waals surface area contributed by atoms with Gasteiger partial charge in [0.1, 0.15) is 23.9 Å². The summed E-state index contributed by atoms with van der Waals surface area (Å²) in [6.07, 6.45) is -0.692. The van der Waals surface area contributed by atoms with E-state index in [1.807, 2.05) is 0 Å². The van der Waals surface area contributed by atoms with Crippen molar-refractivity contribution in [1.29, 1.82) is 0 Å². The van der Waals surface area contributed by atoms with Crippen molar-refractivity contribution >= 4 is 31.5 Å². The Hall–Kier alpha value is -4.10. The van der Waals surface area contributed by atoms with Crippen LogP contribution in [0.1, 0.15) is 72.0 Å². The normalized spacial score (nSPS) is 21.7. The van der Waals surface area contributed by atoms with Crippen molar-refractivity contribution in [3.8, 4) is 0 Å². The number of aromatic nitrogens is 2. The Kier molecular flexibility index (Phi) is 16.4. The van der Waals surface area contributed by atoms with Crippen LogP contribution in [0.4, 0.5) is 4.39 Å². The van der Waals surface area contributed by atoms with Crippen molar-refractivity contribution in [2.75, 3.05) is 33.4 Å². The Bertz CT molecular complexity index is 1820. The second-order valence-electron chi connectivity index (χ2n) is 14.3. The Morgan fingerprint density at radius 2 is 1.48 bits per heavy atom. The fourth-order valence-corrected chi connectivity index (χ4v) is 6.34. The molecule has 1 aliphatic heterocycles. The summed E-state index contributed by atoms with van der Waals surface area (Å²) in [7, 11) is -4.81. The molecule has 56 heavy (non-hydrogen) atoms. The lowest BCUT2D eigenvalue weighted by Crippen LogP contribution is -2.48. The molecule has 2 heterocycles. The van der Waals surface area contributed by atoms with Crippen LogP contribution in [0, 0.1) is 23.7 Å². The number of nitrogens with one attached hydrogen (secondary N) is 1. The summed E-state index contributed by atoms with van der Waals surface area (Å²) < 4.78 is 66.7. The molecule has 1 fully saturated rings. The van der Waals surface area contributed by atoms with Gasteiger partial charge in [-0.2, -0.15) is 0 Å². The van der Waals surface area contributed by atoms with E-state index in [0.29, 0.717) is 10.1 Å². The van der Waals surface area contributed by atoms with Gasteiger partial charge in [0, 0.05) is 23.7 Å². The summed E-state index contributed by atoms with van der Waals surface area (Å²) in [4.78, 5) is 76.1. The Balaban J connectivity index is 1.81. The molecule has 1 aromatic heterocycles. The van der Waals surface area contributed by atoms with E-state index in [9.17, 15) is 38.4 Å². The molecule has 0 radical (unpaired) electrons. The summed E-state index contributed by atoms with van der Waals surface area (Å²) in [5, 5.41) is 14.5. The van der Waals surface area contributed by atoms with E-state index in [0.717, 1.165) is 16.8 Å². The first-order valence-electron chi connectivity index (χ1n) is 17.8. The smallest absolute Gasteiger partial charge is 0.442 e. The molecule has 1 aromatic carbocycles. The predicted octanol–water partition coefficient (Wildman–Crippen LogP) is 3.10. The van der Waals surface area contributed by atoms with Gasteiger partial charge in [-0.25, -0.2) is 27.4 Å². The van der Waals surface area contributed by atoms with Crippen LogP contribution in [0.5, 0.6) is 0 Å². The first kappa shape index (κ1) is 46.3. The number of esters is 3. The molecule has 0 aliphatic carbocycles. The molecule has 20 heteroatoms. The van der Waals surface area contributed by atoms with Crippen LogP contribution in [0.2, 0.25) is 0 Å². The zero-order valence-corrected chi connectivity index (χ0v) is 33.5. The first-order chi connectivity index (χ1) is 26.2. The van der Waals surface area contributed by atoms with E-state index in [1.165, 1.54) is 41.5 Å². The van der Waals surface area contributed by atoms with Gasteiger partial charge >= 0.3 is 31.4 Å². The molecule has 0 saturated carbocycles. The number of aliphatic hydroxyl groups is 1. The highest BCUT2D eigenvalue weighted by molar-refractivity contribution is 7.48. The Morgan fingerprint density at radius 1 is 0.911 bits per heavy atom. The molecule has 1 aliphatic rings. The zero-order valence-electron chi connectivity index (χ0n) is 32.6. The van der Waals surface area contributed by atoms with Crippen molar-refractivity contribution in [2.24, 2.45) is 23.7 Å². The van der Waals surface area contributed by atoms with Crippen molar-refractivity contribution < 1.29 is 65.8 Å². The first-order valence-corrected chi connectivity index (χ1v) is 19.3. The number of phosphoric ester groups is 1. The van der Waals surface area contributed by atoms with Gasteiger partial charge in [0.25, 0.3) is 5.56 Å². The third-order valence-electron chi connectivity index (χ3n) is 9.16. The molecule has 3 rings (SSSR count). The van der Waals surface area contributed by atoms with Crippen LogP contribution in [0.15, 0.2) is 52.2 Å². The maximum absolute atomic E-state index is 15.1. The number of hydrogen-bond acceptors (Lipinski definition) is 16. The minimum atomic E-state index is -4.81. The summed E-state index contributed by atoms with van der Waals surface area (Å²) in [5.41, 5.74) is -5.77. The molecular weight excluding hydrogens is 764 g/mol. The van der Waals surface area contributed by atoms with Crippen molar-refractivity contribution in [3.05, 3.63) is 69.0 Å². The number of carbonyl (C=O) groups excluding carboxylic acids is 4. The predicted molar refractivity (Wildman–Crippen MR) is 194 cm³/mol. The number of alkyl halides is 1. The van der Waals surface area contributed by atoms with Gasteiger partial charge in [-0.1, -0.05) is 78.8 Å². The number of phosphoric acid groups is 1. The minimum absolute atomic E-state index is 0.197. The van der Waals surface area contributed by atoms with E-state index >= 15 is 4.39 Å². The summed E-state index contributed by atoms with van der Waals surface area (Å²) in [5.74, 6) is -5.32. The molecule has 1 saturated heterocycles. The van der Waals surface area contributed by atoms with Crippen LogP contribution in [-0.4, -0.2) is 88.6 Å². The average molecular weight is 816 g/mol. The largest absolute Gasteiger partial charge is 0.480 e. The highest BCUT2D eigenvalue weighted by atomic mass is 31.2. The quantitative estimate of drug-likeness (QED) is 0.0607. The van der Waals surface area contributed by atoms with Crippen molar-refractivity contribution in [2.45, 2.75) is 85.6 Å². The SMILES string of the molecule is CC(C)C(=O)OCOP(=O)(OCOC(=O)C(C)C)OC[C@@]1(CF)OC(n2ccc(=O)n(COC(=O)C(NCC(=O)c3ccccc3)C(C)C)c2=O)[C@](C)(O)[C@@H]1C. The Morgan fingerprint density at radius 3 is 2.00 bits per heavy atom. The maximum atomic E-state index is 15.1. The highest BCUT2D eigenvalue weighted by Gasteiger charge is 2.61. The third kappa shape index (κ3) is 11.5. The lowest BCUT2D eigenvalue weighted by molar-refractivity contribution is -0.160. The molecule has 2 aromatic rings. The lowest BCUT2D eigenvalue weighted by Gasteiger charge is -2.32. The monoisotopic (exact) mass is 815 g/mol. The number of carbonyl (C=O) groups is 4. The molecule has 0 bridgehead atoms. The van der Waals surface area contributed by atoms with Gasteiger partial charge in [0.15, 0.2) is 18.7 Å². The van der Waals surface area contributed by atoms with E-state index < -0.39 is 112 Å². The number of benzene rings is 1. The molecule has 2 unspecified atom stereocenters. The van der Waals surface area contributed by atoms with Gasteiger partial charge in [0.2, 0.25) is 13.6 Å². The van der Waals surface area contributed by atoms with Crippen molar-refractivity contribution in [1.82, 2.24) is 14.5 Å². The molecule has 18 nitrogen and oxygen atoms in total. The number of rotatable bonds is 21. The number of hydrogen-bond donors (Lipinski definition) is 2. The van der Waals surface area contributed by atoms with Crippen LogP contribution in [-0.2, 0) is 58.2 Å². The standard InChI is InChI=1S/C36H51FN3O15P/c1-22(2)29(38-16-27(41)26-12-10-9-11-13-26)32(45)49-19-40-28(42)14-15-39(34(40)46)33-35(8,47)25(7)36(17-37,55-33)18-52-56(48,53-20-50-30(43)23(3)4)54-21-51-31(44)24(5)6/h9-15,22-25,29,33,38,47H,16-21H2,1-8H3/t25-,29?,33?,35+,36+/m0/s1. The molecule has 312 valence electrons. The molecule has 5 atom stereocenters. The number of ketones is 1. The van der Waals surface area contributed by atoms with Gasteiger partial charge in [-0.3, -0.25) is 38.4 Å². The summed E-state index contributed by atoms with van der Waals surface area (Å²) >= 11 is 0. The van der Waals surface area contributed by atoms with Gasteiger partial charge in [0.05, 0.1) is 25.0 Å². The fourth-order valence-electron chi connectivity index (χ4n) is 5.37. The van der Waals surface area contributed by atoms with Crippen molar-refractivity contribution in [3.63, 3.8) is 0 Å². The number of halogens is 1. The second kappa shape index (κ2) is 19.9. The van der Waals surface area contributed by atoms with E-state index in [2.05, 4.69) is 5.32 Å². The number of ether oxygens (including phenoxy) is 4. The van der Waals surface area contributed by atoms with E-state index in [1.54, 1.807) is 44.2 Å². The summed E-state index contributed by atoms with van der Waals surface area (Å²) in [6, 6.07) is 8.35. The summed E-state index contributed by atoms with van der Waals surface area (Å²) in [6.45, 7) is 6.94. The van der Waals surface area contributed by atoms with Crippen LogP contribution < -0.4 is 16.6 Å². The molecule has 2 N–H and O–H groups in total. The topological polar surface area (TPSA) is 226 Å². The fraction of sp³-hybridized carbons (Fsp3) is 0.611. The Labute approximate surface area is 323 Å². The average Bonchev–Trinajstić information content (AvgIpc) is 3.34. The molecular formula is C36H51FN3O15P. The highest BCUT2D eigenvalue weighted by Crippen LogP contribution is 2.54. The molecule has 0 spiro atoms. The zero-order chi connectivity index (χ0) is 42.0. The third-order valence-corrected chi connectivity index (χ3v) is 10.4. The van der Waals surface area contributed by atoms with E-state index in [4.69, 9.17) is 32.5 Å². The van der Waals surface area contributed by atoms with Crippen LogP contribution in [0.3, 0.4) is 0 Å².